The summed E-state index contributed by atoms with van der Waals surface area (Å²) in [5.74, 6) is 0. The zero-order valence-corrected chi connectivity index (χ0v) is 15.7. The molecule has 3 rings (SSSR count). The van der Waals surface area contributed by atoms with Gasteiger partial charge in [-0.05, 0) is 38.0 Å². The summed E-state index contributed by atoms with van der Waals surface area (Å²) in [6.07, 6.45) is 0.554. The van der Waals surface area contributed by atoms with Gasteiger partial charge in [-0.25, -0.2) is 8.42 Å². The van der Waals surface area contributed by atoms with E-state index in [1.807, 2.05) is 50.2 Å². The van der Waals surface area contributed by atoms with Gasteiger partial charge in [0.25, 0.3) is 0 Å². The summed E-state index contributed by atoms with van der Waals surface area (Å²) >= 11 is 0. The summed E-state index contributed by atoms with van der Waals surface area (Å²) < 4.78 is 34.3. The van der Waals surface area contributed by atoms with Gasteiger partial charge in [-0.2, -0.15) is 9.57 Å². The van der Waals surface area contributed by atoms with Crippen molar-refractivity contribution in [3.05, 3.63) is 65.7 Å². The number of hydrogen-bond acceptors (Lipinski definition) is 4. The van der Waals surface area contributed by atoms with Crippen LogP contribution in [0.15, 0.2) is 59.5 Å². The molecule has 26 heavy (non-hydrogen) atoms. The maximum absolute atomic E-state index is 13.5. The van der Waals surface area contributed by atoms with Crippen LogP contribution in [0, 0.1) is 11.3 Å². The lowest BCUT2D eigenvalue weighted by Gasteiger charge is -2.46. The van der Waals surface area contributed by atoms with Gasteiger partial charge >= 0.3 is 0 Å². The average Bonchev–Trinajstić information content (AvgIpc) is 2.61. The minimum absolute atomic E-state index is 0.0514. The standard InChI is InChI=1S/C20H22N2O3S/c1-20(2)15-25-14-18(12-16-8-4-3-5-9-16)22(20)26(23,24)19-11-7-6-10-17(19)13-21/h3-11,18H,12,14-15H2,1-2H3. The van der Waals surface area contributed by atoms with Gasteiger partial charge in [0, 0.05) is 0 Å². The van der Waals surface area contributed by atoms with Gasteiger partial charge in [0.2, 0.25) is 10.0 Å². The zero-order valence-electron chi connectivity index (χ0n) is 14.9. The van der Waals surface area contributed by atoms with E-state index in [0.717, 1.165) is 5.56 Å². The Morgan fingerprint density at radius 3 is 2.50 bits per heavy atom. The summed E-state index contributed by atoms with van der Waals surface area (Å²) in [5.41, 5.74) is 0.500. The molecule has 0 amide bonds. The molecule has 1 heterocycles. The summed E-state index contributed by atoms with van der Waals surface area (Å²) in [6.45, 7) is 4.35. The molecule has 1 fully saturated rings. The lowest BCUT2D eigenvalue weighted by molar-refractivity contribution is -0.0438. The molecule has 1 unspecified atom stereocenters. The van der Waals surface area contributed by atoms with E-state index < -0.39 is 15.6 Å². The van der Waals surface area contributed by atoms with E-state index in [1.165, 1.54) is 16.4 Å². The van der Waals surface area contributed by atoms with E-state index in [9.17, 15) is 13.7 Å². The molecule has 1 atom stereocenters. The number of ether oxygens (including phenoxy) is 1. The van der Waals surface area contributed by atoms with Crippen molar-refractivity contribution in [2.75, 3.05) is 13.2 Å². The minimum Gasteiger partial charge on any atom is -0.378 e. The van der Waals surface area contributed by atoms with Gasteiger partial charge < -0.3 is 4.74 Å². The second kappa shape index (κ2) is 7.20. The molecule has 2 aromatic rings. The van der Waals surface area contributed by atoms with Crippen molar-refractivity contribution in [1.82, 2.24) is 4.31 Å². The van der Waals surface area contributed by atoms with Crippen LogP contribution < -0.4 is 0 Å². The van der Waals surface area contributed by atoms with Gasteiger partial charge in [0.05, 0.1) is 35.3 Å². The smallest absolute Gasteiger partial charge is 0.245 e. The molecule has 0 radical (unpaired) electrons. The number of hydrogen-bond donors (Lipinski definition) is 0. The number of nitriles is 1. The second-order valence-electron chi connectivity index (χ2n) is 7.08. The van der Waals surface area contributed by atoms with Crippen LogP contribution in [0.25, 0.3) is 0 Å². The van der Waals surface area contributed by atoms with Gasteiger partial charge in [-0.1, -0.05) is 42.5 Å². The molecule has 1 aliphatic heterocycles. The van der Waals surface area contributed by atoms with E-state index in [0.29, 0.717) is 19.6 Å². The summed E-state index contributed by atoms with van der Waals surface area (Å²) in [4.78, 5) is 0.0514. The first kappa shape index (κ1) is 18.6. The summed E-state index contributed by atoms with van der Waals surface area (Å²) in [5, 5.41) is 9.35. The van der Waals surface area contributed by atoms with Crippen LogP contribution in [-0.4, -0.2) is 37.5 Å². The fraction of sp³-hybridized carbons (Fsp3) is 0.350. The average molecular weight is 370 g/mol. The molecular weight excluding hydrogens is 348 g/mol. The summed E-state index contributed by atoms with van der Waals surface area (Å²) in [7, 11) is -3.85. The molecule has 1 saturated heterocycles. The summed E-state index contributed by atoms with van der Waals surface area (Å²) in [6, 6.07) is 17.8. The molecule has 5 nitrogen and oxygen atoms in total. The Hall–Kier alpha value is -2.20. The number of benzene rings is 2. The third-order valence-electron chi connectivity index (χ3n) is 4.55. The van der Waals surface area contributed by atoms with Crippen LogP contribution in [-0.2, 0) is 21.2 Å². The largest absolute Gasteiger partial charge is 0.378 e. The van der Waals surface area contributed by atoms with E-state index in [-0.39, 0.29) is 16.5 Å². The van der Waals surface area contributed by atoms with Gasteiger partial charge in [0.1, 0.15) is 6.07 Å². The van der Waals surface area contributed by atoms with Crippen molar-refractivity contribution in [3.63, 3.8) is 0 Å². The minimum atomic E-state index is -3.85. The van der Waals surface area contributed by atoms with Crippen LogP contribution >= 0.6 is 0 Å². The Morgan fingerprint density at radius 2 is 1.81 bits per heavy atom. The van der Waals surface area contributed by atoms with Crippen LogP contribution in [0.5, 0.6) is 0 Å². The number of sulfonamides is 1. The highest BCUT2D eigenvalue weighted by Crippen LogP contribution is 2.33. The SMILES string of the molecule is CC1(C)COCC(Cc2ccccc2)N1S(=O)(=O)c1ccccc1C#N. The van der Waals surface area contributed by atoms with Gasteiger partial charge in [0.15, 0.2) is 0 Å². The van der Waals surface area contributed by atoms with Crippen molar-refractivity contribution in [2.24, 2.45) is 0 Å². The normalized spacial score (nSPS) is 20.4. The fourth-order valence-corrected chi connectivity index (χ4v) is 5.60. The van der Waals surface area contributed by atoms with Crippen molar-refractivity contribution in [3.8, 4) is 6.07 Å². The fourth-order valence-electron chi connectivity index (χ4n) is 3.51. The van der Waals surface area contributed by atoms with E-state index >= 15 is 0 Å². The molecule has 1 aliphatic rings. The molecule has 2 aromatic carbocycles. The van der Waals surface area contributed by atoms with E-state index in [1.54, 1.807) is 12.1 Å². The molecule has 0 N–H and O–H groups in total. The molecule has 6 heteroatoms. The molecule has 0 spiro atoms. The zero-order chi connectivity index (χ0) is 18.8. The Morgan fingerprint density at radius 1 is 1.15 bits per heavy atom. The van der Waals surface area contributed by atoms with E-state index in [2.05, 4.69) is 0 Å². The quantitative estimate of drug-likeness (QED) is 0.830. The predicted molar refractivity (Wildman–Crippen MR) is 99.0 cm³/mol. The molecule has 0 aliphatic carbocycles. The van der Waals surface area contributed by atoms with Gasteiger partial charge in [-0.15, -0.1) is 0 Å². The lowest BCUT2D eigenvalue weighted by Crippen LogP contribution is -2.61. The monoisotopic (exact) mass is 370 g/mol. The topological polar surface area (TPSA) is 70.4 Å². The van der Waals surface area contributed by atoms with Crippen LogP contribution in [0.1, 0.15) is 25.0 Å². The lowest BCUT2D eigenvalue weighted by atomic mass is 9.99. The molecule has 0 aromatic heterocycles. The Kier molecular flexibility index (Phi) is 5.15. The van der Waals surface area contributed by atoms with Crippen molar-refractivity contribution >= 4 is 10.0 Å². The third kappa shape index (κ3) is 3.51. The Balaban J connectivity index is 2.05. The third-order valence-corrected chi connectivity index (χ3v) is 6.77. The highest BCUT2D eigenvalue weighted by molar-refractivity contribution is 7.89. The second-order valence-corrected chi connectivity index (χ2v) is 8.86. The molecule has 136 valence electrons. The van der Waals surface area contributed by atoms with Crippen LogP contribution in [0.4, 0.5) is 0 Å². The van der Waals surface area contributed by atoms with Crippen molar-refractivity contribution < 1.29 is 13.2 Å². The maximum atomic E-state index is 13.5. The molecular formula is C20H22N2O3S. The number of nitrogens with zero attached hydrogens (tertiary/aromatic N) is 2. The molecule has 0 saturated carbocycles. The molecule has 0 bridgehead atoms. The highest BCUT2D eigenvalue weighted by Gasteiger charge is 2.46. The Bertz CT molecular complexity index is 918. The van der Waals surface area contributed by atoms with E-state index in [4.69, 9.17) is 4.74 Å². The number of rotatable bonds is 4. The first-order valence-corrected chi connectivity index (χ1v) is 9.95. The number of morpholine rings is 1. The van der Waals surface area contributed by atoms with Crippen molar-refractivity contribution in [1.29, 1.82) is 5.26 Å². The first-order valence-electron chi connectivity index (χ1n) is 8.51. The maximum Gasteiger partial charge on any atom is 0.245 e. The van der Waals surface area contributed by atoms with Crippen molar-refractivity contribution in [2.45, 2.75) is 36.7 Å². The predicted octanol–water partition coefficient (Wildman–Crippen LogP) is 2.97. The van der Waals surface area contributed by atoms with Gasteiger partial charge in [-0.3, -0.25) is 0 Å². The highest BCUT2D eigenvalue weighted by atomic mass is 32.2. The van der Waals surface area contributed by atoms with Crippen LogP contribution in [0.3, 0.4) is 0 Å². The first-order chi connectivity index (χ1) is 12.4. The van der Waals surface area contributed by atoms with Crippen LogP contribution in [0.2, 0.25) is 0 Å². The Labute approximate surface area is 154 Å².